The molecule has 0 heterocycles. The normalized spacial score (nSPS) is 14.5. The Morgan fingerprint density at radius 3 is 2.11 bits per heavy atom. The van der Waals surface area contributed by atoms with Crippen molar-refractivity contribution in [2.75, 3.05) is 6.54 Å². The maximum atomic E-state index is 10.6. The lowest BCUT2D eigenvalue weighted by atomic mass is 9.88. The van der Waals surface area contributed by atoms with Gasteiger partial charge in [-0.05, 0) is 75.4 Å². The Hall–Kier alpha value is -0.860. The third-order valence-corrected chi connectivity index (χ3v) is 4.19. The van der Waals surface area contributed by atoms with Gasteiger partial charge >= 0.3 is 0 Å². The van der Waals surface area contributed by atoms with Crippen molar-refractivity contribution in [2.45, 2.75) is 66.5 Å². The first-order valence-corrected chi connectivity index (χ1v) is 7.38. The Morgan fingerprint density at radius 1 is 1.11 bits per heavy atom. The van der Waals surface area contributed by atoms with Crippen LogP contribution in [0.25, 0.3) is 0 Å². The molecule has 0 amide bonds. The standard InChI is InChI=1S/C17H29NO/c1-7-8-9-18-15(6)17(19)16-13(4)11(2)10-12(3)14(16)5/h10,15,17-19H,7-9H2,1-6H3. The van der Waals surface area contributed by atoms with Gasteiger partial charge in [-0.1, -0.05) is 19.4 Å². The second-order valence-corrected chi connectivity index (χ2v) is 5.72. The molecular weight excluding hydrogens is 234 g/mol. The Kier molecular flexibility index (Phi) is 6.02. The molecule has 2 heteroatoms. The van der Waals surface area contributed by atoms with E-state index in [0.717, 1.165) is 18.5 Å². The summed E-state index contributed by atoms with van der Waals surface area (Å²) in [5.74, 6) is 0. The molecule has 0 bridgehead atoms. The molecule has 0 saturated carbocycles. The van der Waals surface area contributed by atoms with Gasteiger partial charge in [0, 0.05) is 6.04 Å². The zero-order valence-electron chi connectivity index (χ0n) is 13.3. The first-order chi connectivity index (χ1) is 8.90. The molecule has 0 aliphatic heterocycles. The second-order valence-electron chi connectivity index (χ2n) is 5.72. The Labute approximate surface area is 118 Å². The van der Waals surface area contributed by atoms with Crippen LogP contribution in [-0.4, -0.2) is 17.7 Å². The minimum absolute atomic E-state index is 0.0881. The molecule has 0 aliphatic rings. The van der Waals surface area contributed by atoms with Crippen molar-refractivity contribution in [1.29, 1.82) is 0 Å². The van der Waals surface area contributed by atoms with Crippen molar-refractivity contribution in [3.8, 4) is 0 Å². The fraction of sp³-hybridized carbons (Fsp3) is 0.647. The molecule has 2 atom stereocenters. The van der Waals surface area contributed by atoms with Gasteiger partial charge in [0.1, 0.15) is 0 Å². The zero-order valence-corrected chi connectivity index (χ0v) is 13.3. The van der Waals surface area contributed by atoms with Crippen molar-refractivity contribution in [1.82, 2.24) is 5.32 Å². The number of benzene rings is 1. The number of aryl methyl sites for hydroxylation is 2. The number of nitrogens with one attached hydrogen (secondary N) is 1. The molecule has 108 valence electrons. The quantitative estimate of drug-likeness (QED) is 0.766. The predicted molar refractivity (Wildman–Crippen MR) is 82.7 cm³/mol. The third kappa shape index (κ3) is 3.80. The summed E-state index contributed by atoms with van der Waals surface area (Å²) in [6, 6.07) is 2.29. The van der Waals surface area contributed by atoms with E-state index in [0.29, 0.717) is 0 Å². The van der Waals surface area contributed by atoms with Gasteiger partial charge in [-0.25, -0.2) is 0 Å². The van der Waals surface area contributed by atoms with Gasteiger partial charge in [-0.2, -0.15) is 0 Å². The number of aliphatic hydroxyl groups is 1. The molecule has 0 fully saturated rings. The number of aliphatic hydroxyl groups excluding tert-OH is 1. The molecule has 0 aromatic heterocycles. The molecule has 0 spiro atoms. The van der Waals surface area contributed by atoms with E-state index in [4.69, 9.17) is 0 Å². The van der Waals surface area contributed by atoms with Crippen LogP contribution in [0, 0.1) is 27.7 Å². The highest BCUT2D eigenvalue weighted by Gasteiger charge is 2.21. The van der Waals surface area contributed by atoms with Crippen LogP contribution >= 0.6 is 0 Å². The molecule has 1 aromatic carbocycles. The van der Waals surface area contributed by atoms with Crippen molar-refractivity contribution < 1.29 is 5.11 Å². The summed E-state index contributed by atoms with van der Waals surface area (Å²) >= 11 is 0. The van der Waals surface area contributed by atoms with Crippen LogP contribution in [0.3, 0.4) is 0 Å². The number of rotatable bonds is 6. The molecule has 2 nitrogen and oxygen atoms in total. The highest BCUT2D eigenvalue weighted by atomic mass is 16.3. The molecule has 0 aliphatic carbocycles. The largest absolute Gasteiger partial charge is 0.387 e. The predicted octanol–water partition coefficient (Wildman–Crippen LogP) is 3.73. The monoisotopic (exact) mass is 263 g/mol. The molecule has 1 rings (SSSR count). The lowest BCUT2D eigenvalue weighted by Gasteiger charge is -2.25. The molecule has 2 unspecified atom stereocenters. The van der Waals surface area contributed by atoms with Crippen molar-refractivity contribution in [2.24, 2.45) is 0 Å². The van der Waals surface area contributed by atoms with Gasteiger partial charge in [0.15, 0.2) is 0 Å². The van der Waals surface area contributed by atoms with E-state index < -0.39 is 6.10 Å². The first-order valence-electron chi connectivity index (χ1n) is 7.38. The Morgan fingerprint density at radius 2 is 1.63 bits per heavy atom. The first kappa shape index (κ1) is 16.2. The van der Waals surface area contributed by atoms with Gasteiger partial charge in [0.2, 0.25) is 0 Å². The molecular formula is C17H29NO. The van der Waals surface area contributed by atoms with Gasteiger partial charge in [-0.3, -0.25) is 0 Å². The van der Waals surface area contributed by atoms with Crippen LogP contribution < -0.4 is 5.32 Å². The summed E-state index contributed by atoms with van der Waals surface area (Å²) in [5.41, 5.74) is 6.07. The molecule has 0 radical (unpaired) electrons. The van der Waals surface area contributed by atoms with Gasteiger partial charge in [0.05, 0.1) is 6.10 Å². The highest BCUT2D eigenvalue weighted by molar-refractivity contribution is 5.45. The maximum absolute atomic E-state index is 10.6. The summed E-state index contributed by atoms with van der Waals surface area (Å²) in [7, 11) is 0. The van der Waals surface area contributed by atoms with E-state index in [2.05, 4.69) is 52.9 Å². The fourth-order valence-corrected chi connectivity index (χ4v) is 2.56. The van der Waals surface area contributed by atoms with Crippen molar-refractivity contribution in [3.63, 3.8) is 0 Å². The lowest BCUT2D eigenvalue weighted by molar-refractivity contribution is 0.134. The fourth-order valence-electron chi connectivity index (χ4n) is 2.56. The SMILES string of the molecule is CCCCNC(C)C(O)c1c(C)c(C)cc(C)c1C. The maximum Gasteiger partial charge on any atom is 0.0945 e. The minimum Gasteiger partial charge on any atom is -0.387 e. The topological polar surface area (TPSA) is 32.3 Å². The van der Waals surface area contributed by atoms with Crippen LogP contribution in [0.5, 0.6) is 0 Å². The van der Waals surface area contributed by atoms with E-state index in [1.165, 1.54) is 28.7 Å². The smallest absolute Gasteiger partial charge is 0.0945 e. The van der Waals surface area contributed by atoms with Gasteiger partial charge < -0.3 is 10.4 Å². The lowest BCUT2D eigenvalue weighted by Crippen LogP contribution is -2.33. The second kappa shape index (κ2) is 7.06. The molecule has 2 N–H and O–H groups in total. The summed E-state index contributed by atoms with van der Waals surface area (Å²) in [5, 5.41) is 14.1. The van der Waals surface area contributed by atoms with Crippen LogP contribution in [0.4, 0.5) is 0 Å². The minimum atomic E-state index is -0.435. The molecule has 19 heavy (non-hydrogen) atoms. The Bertz CT molecular complexity index is 400. The zero-order chi connectivity index (χ0) is 14.6. The molecule has 0 saturated heterocycles. The van der Waals surface area contributed by atoms with Crippen LogP contribution in [-0.2, 0) is 0 Å². The highest BCUT2D eigenvalue weighted by Crippen LogP contribution is 2.29. The number of hydrogen-bond donors (Lipinski definition) is 2. The average molecular weight is 263 g/mol. The number of unbranched alkanes of at least 4 members (excludes halogenated alkanes) is 1. The Balaban J connectivity index is 2.95. The van der Waals surface area contributed by atoms with Crippen molar-refractivity contribution >= 4 is 0 Å². The van der Waals surface area contributed by atoms with E-state index in [-0.39, 0.29) is 6.04 Å². The summed E-state index contributed by atoms with van der Waals surface area (Å²) in [6.07, 6.45) is 1.90. The van der Waals surface area contributed by atoms with Crippen molar-refractivity contribution in [3.05, 3.63) is 33.9 Å². The van der Waals surface area contributed by atoms with Crippen LogP contribution in [0.15, 0.2) is 6.07 Å². The van der Waals surface area contributed by atoms with E-state index in [9.17, 15) is 5.11 Å². The average Bonchev–Trinajstić information content (AvgIpc) is 2.36. The van der Waals surface area contributed by atoms with Gasteiger partial charge in [-0.15, -0.1) is 0 Å². The summed E-state index contributed by atoms with van der Waals surface area (Å²) in [6.45, 7) is 13.7. The van der Waals surface area contributed by atoms with Gasteiger partial charge in [0.25, 0.3) is 0 Å². The van der Waals surface area contributed by atoms with E-state index in [1.54, 1.807) is 0 Å². The van der Waals surface area contributed by atoms with E-state index in [1.807, 2.05) is 0 Å². The summed E-state index contributed by atoms with van der Waals surface area (Å²) in [4.78, 5) is 0. The van der Waals surface area contributed by atoms with Crippen LogP contribution in [0.1, 0.15) is 60.6 Å². The van der Waals surface area contributed by atoms with Crippen LogP contribution in [0.2, 0.25) is 0 Å². The molecule has 1 aromatic rings. The van der Waals surface area contributed by atoms with E-state index >= 15 is 0 Å². The summed E-state index contributed by atoms with van der Waals surface area (Å²) < 4.78 is 0. The number of hydrogen-bond acceptors (Lipinski definition) is 2. The third-order valence-electron chi connectivity index (χ3n) is 4.19.